The highest BCUT2D eigenvalue weighted by Gasteiger charge is 2.23. The molecule has 1 aromatic heterocycles. The average Bonchev–Trinajstić information content (AvgIpc) is 2.40. The van der Waals surface area contributed by atoms with Crippen molar-refractivity contribution in [2.75, 3.05) is 30.0 Å². The van der Waals surface area contributed by atoms with Crippen molar-refractivity contribution in [3.8, 4) is 0 Å². The van der Waals surface area contributed by atoms with E-state index in [4.69, 9.17) is 10.6 Å². The summed E-state index contributed by atoms with van der Waals surface area (Å²) in [4.78, 5) is 10.7. The molecule has 1 unspecified atom stereocenters. The van der Waals surface area contributed by atoms with Gasteiger partial charge in [0.2, 0.25) is 0 Å². The molecule has 0 spiro atoms. The van der Waals surface area contributed by atoms with E-state index in [1.54, 1.807) is 6.33 Å². The molecule has 3 N–H and O–H groups in total. The van der Waals surface area contributed by atoms with Crippen molar-refractivity contribution in [1.82, 2.24) is 9.97 Å². The van der Waals surface area contributed by atoms with Gasteiger partial charge in [0.25, 0.3) is 0 Å². The van der Waals surface area contributed by atoms with Crippen molar-refractivity contribution < 1.29 is 4.74 Å². The molecule has 0 amide bonds. The van der Waals surface area contributed by atoms with Gasteiger partial charge in [0, 0.05) is 25.3 Å². The number of anilines is 2. The Balaban J connectivity index is 2.15. The predicted octanol–water partition coefficient (Wildman–Crippen LogP) is 1.08. The van der Waals surface area contributed by atoms with Crippen LogP contribution in [0.5, 0.6) is 0 Å². The Hall–Kier alpha value is -1.40. The predicted molar refractivity (Wildman–Crippen MR) is 71.4 cm³/mol. The van der Waals surface area contributed by atoms with Crippen LogP contribution in [-0.2, 0) is 4.74 Å². The third kappa shape index (κ3) is 2.70. The summed E-state index contributed by atoms with van der Waals surface area (Å²) in [6.07, 6.45) is 4.09. The largest absolute Gasteiger partial charge is 0.377 e. The van der Waals surface area contributed by atoms with Crippen LogP contribution in [0.15, 0.2) is 6.33 Å². The zero-order valence-electron chi connectivity index (χ0n) is 11.0. The Morgan fingerprint density at radius 3 is 3.11 bits per heavy atom. The summed E-state index contributed by atoms with van der Waals surface area (Å²) in [7, 11) is 0. The molecule has 1 saturated heterocycles. The number of piperidine rings is 1. The second kappa shape index (κ2) is 5.97. The molecule has 1 aliphatic heterocycles. The first-order valence-corrected chi connectivity index (χ1v) is 6.41. The first-order valence-electron chi connectivity index (χ1n) is 6.41. The van der Waals surface area contributed by atoms with Gasteiger partial charge in [0.05, 0.1) is 6.10 Å². The van der Waals surface area contributed by atoms with E-state index in [1.807, 2.05) is 13.8 Å². The van der Waals surface area contributed by atoms with E-state index >= 15 is 0 Å². The Morgan fingerprint density at radius 2 is 2.39 bits per heavy atom. The first kappa shape index (κ1) is 13.0. The van der Waals surface area contributed by atoms with Crippen LogP contribution in [0.4, 0.5) is 11.6 Å². The highest BCUT2D eigenvalue weighted by molar-refractivity contribution is 5.57. The Kier molecular flexibility index (Phi) is 4.33. The molecule has 6 heteroatoms. The molecule has 1 aromatic rings. The van der Waals surface area contributed by atoms with Crippen LogP contribution >= 0.6 is 0 Å². The van der Waals surface area contributed by atoms with Crippen LogP contribution in [0, 0.1) is 6.92 Å². The smallest absolute Gasteiger partial charge is 0.148 e. The number of aromatic nitrogens is 2. The number of ether oxygens (including phenoxy) is 1. The van der Waals surface area contributed by atoms with Gasteiger partial charge in [-0.25, -0.2) is 15.8 Å². The van der Waals surface area contributed by atoms with Gasteiger partial charge < -0.3 is 15.1 Å². The van der Waals surface area contributed by atoms with Crippen molar-refractivity contribution in [3.05, 3.63) is 11.9 Å². The number of hydrogen-bond donors (Lipinski definition) is 2. The number of hydrogen-bond acceptors (Lipinski definition) is 6. The van der Waals surface area contributed by atoms with Crippen LogP contribution in [-0.4, -0.2) is 35.8 Å². The summed E-state index contributed by atoms with van der Waals surface area (Å²) >= 11 is 0. The highest BCUT2D eigenvalue weighted by atomic mass is 16.5. The number of hydrazine groups is 1. The van der Waals surface area contributed by atoms with Gasteiger partial charge in [0.1, 0.15) is 18.0 Å². The van der Waals surface area contributed by atoms with Gasteiger partial charge in [-0.05, 0) is 26.7 Å². The maximum absolute atomic E-state index is 5.71. The summed E-state index contributed by atoms with van der Waals surface area (Å²) in [6.45, 7) is 6.66. The lowest BCUT2D eigenvalue weighted by molar-refractivity contribution is 0.0525. The topological polar surface area (TPSA) is 76.3 Å². The van der Waals surface area contributed by atoms with E-state index in [-0.39, 0.29) is 0 Å². The Morgan fingerprint density at radius 1 is 1.56 bits per heavy atom. The van der Waals surface area contributed by atoms with E-state index in [9.17, 15) is 0 Å². The van der Waals surface area contributed by atoms with Crippen LogP contribution in [0.2, 0.25) is 0 Å². The standard InChI is InChI=1S/C12H21N5O/c1-3-18-10-5-4-6-17(7-10)12-9(2)11(16-13)14-8-15-12/h8,10H,3-7,13H2,1-2H3,(H,14,15,16). The molecular weight excluding hydrogens is 230 g/mol. The fourth-order valence-electron chi connectivity index (χ4n) is 2.41. The van der Waals surface area contributed by atoms with E-state index in [1.165, 1.54) is 0 Å². The molecule has 0 radical (unpaired) electrons. The molecule has 0 saturated carbocycles. The summed E-state index contributed by atoms with van der Waals surface area (Å²) in [5, 5.41) is 0. The molecule has 6 nitrogen and oxygen atoms in total. The molecule has 0 aromatic carbocycles. The molecule has 0 bridgehead atoms. The number of nitrogens with one attached hydrogen (secondary N) is 1. The molecule has 100 valence electrons. The van der Waals surface area contributed by atoms with Crippen molar-refractivity contribution in [2.45, 2.75) is 32.8 Å². The van der Waals surface area contributed by atoms with Gasteiger partial charge in [-0.2, -0.15) is 0 Å². The first-order chi connectivity index (χ1) is 8.76. The molecule has 2 rings (SSSR count). The lowest BCUT2D eigenvalue weighted by Crippen LogP contribution is -2.40. The number of rotatable bonds is 4. The molecule has 2 heterocycles. The zero-order valence-corrected chi connectivity index (χ0v) is 11.0. The second-order valence-corrected chi connectivity index (χ2v) is 4.48. The highest BCUT2D eigenvalue weighted by Crippen LogP contribution is 2.25. The van der Waals surface area contributed by atoms with Crippen molar-refractivity contribution >= 4 is 11.6 Å². The van der Waals surface area contributed by atoms with E-state index < -0.39 is 0 Å². The minimum Gasteiger partial charge on any atom is -0.377 e. The van der Waals surface area contributed by atoms with Gasteiger partial charge in [-0.1, -0.05) is 0 Å². The minimum absolute atomic E-state index is 0.299. The molecule has 0 aliphatic carbocycles. The fourth-order valence-corrected chi connectivity index (χ4v) is 2.41. The zero-order chi connectivity index (χ0) is 13.0. The quantitative estimate of drug-likeness (QED) is 0.616. The normalized spacial score (nSPS) is 19.9. The van der Waals surface area contributed by atoms with Crippen molar-refractivity contribution in [2.24, 2.45) is 5.84 Å². The maximum Gasteiger partial charge on any atom is 0.148 e. The number of nitrogen functional groups attached to an aromatic ring is 1. The second-order valence-electron chi connectivity index (χ2n) is 4.48. The third-order valence-electron chi connectivity index (χ3n) is 3.27. The van der Waals surface area contributed by atoms with Crippen LogP contribution in [0.1, 0.15) is 25.3 Å². The van der Waals surface area contributed by atoms with Crippen LogP contribution < -0.4 is 16.2 Å². The molecule has 1 fully saturated rings. The SMILES string of the molecule is CCOC1CCCN(c2ncnc(NN)c2C)C1. The molecule has 1 atom stereocenters. The van der Waals surface area contributed by atoms with Gasteiger partial charge in [0.15, 0.2) is 0 Å². The summed E-state index contributed by atoms with van der Waals surface area (Å²) in [5.74, 6) is 7.07. The van der Waals surface area contributed by atoms with Crippen molar-refractivity contribution in [3.63, 3.8) is 0 Å². The average molecular weight is 251 g/mol. The van der Waals surface area contributed by atoms with Crippen molar-refractivity contribution in [1.29, 1.82) is 0 Å². The Bertz CT molecular complexity index is 396. The van der Waals surface area contributed by atoms with Gasteiger partial charge in [-0.3, -0.25) is 0 Å². The summed E-state index contributed by atoms with van der Waals surface area (Å²) in [5.41, 5.74) is 3.59. The summed E-state index contributed by atoms with van der Waals surface area (Å²) < 4.78 is 5.71. The molecule has 18 heavy (non-hydrogen) atoms. The van der Waals surface area contributed by atoms with Gasteiger partial charge in [-0.15, -0.1) is 0 Å². The third-order valence-corrected chi connectivity index (χ3v) is 3.27. The van der Waals surface area contributed by atoms with E-state index in [2.05, 4.69) is 20.3 Å². The lowest BCUT2D eigenvalue weighted by Gasteiger charge is -2.34. The number of nitrogens with zero attached hydrogens (tertiary/aromatic N) is 3. The van der Waals surface area contributed by atoms with E-state index in [0.29, 0.717) is 11.9 Å². The van der Waals surface area contributed by atoms with Crippen LogP contribution in [0.3, 0.4) is 0 Å². The summed E-state index contributed by atoms with van der Waals surface area (Å²) in [6, 6.07) is 0. The lowest BCUT2D eigenvalue weighted by atomic mass is 10.1. The molecular formula is C12H21N5O. The maximum atomic E-state index is 5.71. The van der Waals surface area contributed by atoms with Crippen LogP contribution in [0.25, 0.3) is 0 Å². The number of nitrogens with two attached hydrogens (primary N) is 1. The van der Waals surface area contributed by atoms with Gasteiger partial charge >= 0.3 is 0 Å². The monoisotopic (exact) mass is 251 g/mol. The van der Waals surface area contributed by atoms with E-state index in [0.717, 1.165) is 43.9 Å². The fraction of sp³-hybridized carbons (Fsp3) is 0.667. The molecule has 1 aliphatic rings. The Labute approximate surface area is 108 Å². The minimum atomic E-state index is 0.299.